The molecule has 1 saturated carbocycles. The molecule has 0 bridgehead atoms. The van der Waals surface area contributed by atoms with Crippen LogP contribution < -0.4 is 4.74 Å². The van der Waals surface area contributed by atoms with E-state index in [9.17, 15) is 4.79 Å². The van der Waals surface area contributed by atoms with Gasteiger partial charge in [0, 0.05) is 13.1 Å². The molecule has 1 amide bonds. The van der Waals surface area contributed by atoms with Crippen molar-refractivity contribution in [1.82, 2.24) is 4.90 Å². The van der Waals surface area contributed by atoms with E-state index in [4.69, 9.17) is 4.74 Å². The number of rotatable bonds is 6. The zero-order valence-corrected chi connectivity index (χ0v) is 15.5. The lowest BCUT2D eigenvalue weighted by molar-refractivity contribution is -0.134. The van der Waals surface area contributed by atoms with Crippen molar-refractivity contribution in [3.05, 3.63) is 29.8 Å². The number of thioether (sulfide) groups is 2. The van der Waals surface area contributed by atoms with Crippen LogP contribution in [0.3, 0.4) is 0 Å². The summed E-state index contributed by atoms with van der Waals surface area (Å²) in [5.74, 6) is 4.02. The summed E-state index contributed by atoms with van der Waals surface area (Å²) in [6, 6.07) is 8.57. The van der Waals surface area contributed by atoms with Gasteiger partial charge in [0.15, 0.2) is 6.61 Å². The largest absolute Gasteiger partial charge is 0.484 e. The molecular formula is C18H25NO2S2. The zero-order valence-electron chi connectivity index (χ0n) is 13.9. The predicted octanol–water partition coefficient (Wildman–Crippen LogP) is 4.19. The zero-order chi connectivity index (χ0) is 16.2. The smallest absolute Gasteiger partial charge is 0.260 e. The maximum atomic E-state index is 12.2. The normalized spacial score (nSPS) is 20.1. The van der Waals surface area contributed by atoms with Gasteiger partial charge in [-0.05, 0) is 61.3 Å². The molecular weight excluding hydrogens is 326 g/mol. The highest BCUT2D eigenvalue weighted by Gasteiger charge is 2.32. The van der Waals surface area contributed by atoms with Gasteiger partial charge in [0.1, 0.15) is 5.75 Å². The second-order valence-corrected chi connectivity index (χ2v) is 9.09. The van der Waals surface area contributed by atoms with Gasteiger partial charge in [0.25, 0.3) is 5.91 Å². The molecule has 3 rings (SSSR count). The van der Waals surface area contributed by atoms with E-state index < -0.39 is 0 Å². The third kappa shape index (κ3) is 4.60. The standard InChI is InChI=1S/C18H25NO2S2/c1-13(14-4-5-14)19(2)17(20)12-21-16-8-6-15(7-9-16)18-22-10-3-11-23-18/h6-9,13-14,18H,3-5,10-12H2,1-2H3. The minimum Gasteiger partial charge on any atom is -0.484 e. The van der Waals surface area contributed by atoms with Crippen molar-refractivity contribution in [3.8, 4) is 5.75 Å². The number of ether oxygens (including phenoxy) is 1. The molecule has 2 fully saturated rings. The summed E-state index contributed by atoms with van der Waals surface area (Å²) >= 11 is 4.03. The molecule has 0 radical (unpaired) electrons. The number of hydrogen-bond acceptors (Lipinski definition) is 4. The molecule has 1 aromatic carbocycles. The Bertz CT molecular complexity index is 524. The molecule has 5 heteroatoms. The maximum absolute atomic E-state index is 12.2. The number of hydrogen-bond donors (Lipinski definition) is 0. The highest BCUT2D eigenvalue weighted by Crippen LogP contribution is 2.43. The molecule has 0 spiro atoms. The van der Waals surface area contributed by atoms with E-state index in [1.54, 1.807) is 0 Å². The summed E-state index contributed by atoms with van der Waals surface area (Å²) in [5.41, 5.74) is 1.35. The van der Waals surface area contributed by atoms with E-state index in [2.05, 4.69) is 19.1 Å². The third-order valence-electron chi connectivity index (χ3n) is 4.65. The Hall–Kier alpha value is -0.810. The number of carbonyl (C=O) groups excluding carboxylic acids is 1. The molecule has 0 aromatic heterocycles. The van der Waals surface area contributed by atoms with Crippen molar-refractivity contribution >= 4 is 29.4 Å². The molecule has 1 aliphatic carbocycles. The van der Waals surface area contributed by atoms with Gasteiger partial charge in [-0.1, -0.05) is 12.1 Å². The van der Waals surface area contributed by atoms with Crippen molar-refractivity contribution < 1.29 is 9.53 Å². The monoisotopic (exact) mass is 351 g/mol. The van der Waals surface area contributed by atoms with Crippen molar-refractivity contribution in [2.24, 2.45) is 5.92 Å². The third-order valence-corrected chi connectivity index (χ3v) is 7.67. The van der Waals surface area contributed by atoms with E-state index in [1.807, 2.05) is 47.6 Å². The number of carbonyl (C=O) groups is 1. The first-order chi connectivity index (χ1) is 11.1. The van der Waals surface area contributed by atoms with Crippen LogP contribution in [0.2, 0.25) is 0 Å². The molecule has 1 unspecified atom stereocenters. The Morgan fingerprint density at radius 1 is 1.26 bits per heavy atom. The van der Waals surface area contributed by atoms with Crippen molar-refractivity contribution in [1.29, 1.82) is 0 Å². The Morgan fingerprint density at radius 2 is 1.91 bits per heavy atom. The Morgan fingerprint density at radius 3 is 2.52 bits per heavy atom. The van der Waals surface area contributed by atoms with E-state index in [-0.39, 0.29) is 12.5 Å². The first-order valence-corrected chi connectivity index (χ1v) is 10.5. The van der Waals surface area contributed by atoms with Gasteiger partial charge in [-0.15, -0.1) is 23.5 Å². The van der Waals surface area contributed by atoms with Crippen LogP contribution in [-0.2, 0) is 4.79 Å². The van der Waals surface area contributed by atoms with Crippen LogP contribution in [-0.4, -0.2) is 42.0 Å². The van der Waals surface area contributed by atoms with Gasteiger partial charge in [-0.2, -0.15) is 0 Å². The molecule has 2 aliphatic rings. The highest BCUT2D eigenvalue weighted by molar-refractivity contribution is 8.16. The van der Waals surface area contributed by atoms with Gasteiger partial charge in [-0.3, -0.25) is 4.79 Å². The fraction of sp³-hybridized carbons (Fsp3) is 0.611. The van der Waals surface area contributed by atoms with E-state index in [1.165, 1.54) is 36.3 Å². The van der Waals surface area contributed by atoms with Gasteiger partial charge >= 0.3 is 0 Å². The van der Waals surface area contributed by atoms with Crippen molar-refractivity contribution in [2.75, 3.05) is 25.2 Å². The number of likely N-dealkylation sites (N-methyl/N-ethyl adjacent to an activating group) is 1. The summed E-state index contributed by atoms with van der Waals surface area (Å²) < 4.78 is 6.22. The predicted molar refractivity (Wildman–Crippen MR) is 99.2 cm³/mol. The van der Waals surface area contributed by atoms with Crippen LogP contribution in [0.1, 0.15) is 36.3 Å². The Kier molecular flexibility index (Phi) is 5.81. The minimum atomic E-state index is 0.0619. The molecule has 1 aromatic rings. The molecule has 126 valence electrons. The van der Waals surface area contributed by atoms with Crippen LogP contribution in [0.25, 0.3) is 0 Å². The fourth-order valence-corrected chi connectivity index (χ4v) is 5.66. The molecule has 0 N–H and O–H groups in total. The number of benzene rings is 1. The second-order valence-electron chi connectivity index (χ2n) is 6.37. The molecule has 1 atom stereocenters. The van der Waals surface area contributed by atoms with Crippen molar-refractivity contribution in [2.45, 2.75) is 36.8 Å². The van der Waals surface area contributed by atoms with E-state index in [0.29, 0.717) is 16.5 Å². The number of amides is 1. The topological polar surface area (TPSA) is 29.5 Å². The van der Waals surface area contributed by atoms with Gasteiger partial charge in [0.2, 0.25) is 0 Å². The molecule has 1 aliphatic heterocycles. The van der Waals surface area contributed by atoms with Crippen LogP contribution in [0.5, 0.6) is 5.75 Å². The first-order valence-electron chi connectivity index (χ1n) is 8.37. The SMILES string of the molecule is CC(C1CC1)N(C)C(=O)COc1ccc(C2SCCCS2)cc1. The van der Waals surface area contributed by atoms with Gasteiger partial charge in [0.05, 0.1) is 4.58 Å². The summed E-state index contributed by atoms with van der Waals surface area (Å²) in [6.45, 7) is 2.25. The highest BCUT2D eigenvalue weighted by atomic mass is 32.2. The lowest BCUT2D eigenvalue weighted by Gasteiger charge is -2.25. The van der Waals surface area contributed by atoms with Gasteiger partial charge in [-0.25, -0.2) is 0 Å². The van der Waals surface area contributed by atoms with Crippen LogP contribution in [0.15, 0.2) is 24.3 Å². The summed E-state index contributed by atoms with van der Waals surface area (Å²) in [6.07, 6.45) is 3.80. The molecule has 23 heavy (non-hydrogen) atoms. The second kappa shape index (κ2) is 7.84. The molecule has 1 saturated heterocycles. The molecule has 1 heterocycles. The van der Waals surface area contributed by atoms with Crippen molar-refractivity contribution in [3.63, 3.8) is 0 Å². The van der Waals surface area contributed by atoms with Crippen LogP contribution in [0.4, 0.5) is 0 Å². The number of nitrogens with zero attached hydrogens (tertiary/aromatic N) is 1. The van der Waals surface area contributed by atoms with Crippen LogP contribution in [0, 0.1) is 5.92 Å². The quantitative estimate of drug-likeness (QED) is 0.768. The maximum Gasteiger partial charge on any atom is 0.260 e. The average Bonchev–Trinajstić information content (AvgIpc) is 3.44. The van der Waals surface area contributed by atoms with Gasteiger partial charge < -0.3 is 9.64 Å². The van der Waals surface area contributed by atoms with E-state index >= 15 is 0 Å². The first kappa shape index (κ1) is 17.0. The lowest BCUT2D eigenvalue weighted by atomic mass is 10.2. The summed E-state index contributed by atoms with van der Waals surface area (Å²) in [5, 5.41) is 0. The van der Waals surface area contributed by atoms with Crippen LogP contribution >= 0.6 is 23.5 Å². The Labute approximate surface area is 147 Å². The summed E-state index contributed by atoms with van der Waals surface area (Å²) in [4.78, 5) is 14.0. The fourth-order valence-electron chi connectivity index (χ4n) is 2.77. The minimum absolute atomic E-state index is 0.0619. The molecule has 3 nitrogen and oxygen atoms in total. The summed E-state index contributed by atoms with van der Waals surface area (Å²) in [7, 11) is 1.88. The lowest BCUT2D eigenvalue weighted by Crippen LogP contribution is -2.39. The Balaban J connectivity index is 1.48. The van der Waals surface area contributed by atoms with E-state index in [0.717, 1.165) is 5.75 Å². The average molecular weight is 352 g/mol.